The largest absolute Gasteiger partial charge is 0.436 e. The average molecular weight is 650 g/mol. The Labute approximate surface area is 278 Å². The van der Waals surface area contributed by atoms with Crippen LogP contribution in [0.3, 0.4) is 0 Å². The van der Waals surface area contributed by atoms with Crippen LogP contribution in [0.4, 0.5) is 15.3 Å². The summed E-state index contributed by atoms with van der Waals surface area (Å²) in [6.45, 7) is 9.07. The number of likely N-dealkylation sites (tertiary alicyclic amines) is 2. The number of carbonyl (C=O) groups is 3. The summed E-state index contributed by atoms with van der Waals surface area (Å²) in [7, 11) is 0. The molecule has 0 radical (unpaired) electrons. The van der Waals surface area contributed by atoms with E-state index >= 15 is 0 Å². The molecule has 0 aliphatic carbocycles. The normalized spacial score (nSPS) is 20.9. The number of nitrogens with zero attached hydrogens (tertiary/aromatic N) is 3. The lowest BCUT2D eigenvalue weighted by Gasteiger charge is -2.39. The van der Waals surface area contributed by atoms with Crippen LogP contribution in [0.1, 0.15) is 60.8 Å². The third kappa shape index (κ3) is 7.46. The second kappa shape index (κ2) is 14.6. The van der Waals surface area contributed by atoms with Crippen LogP contribution in [0.5, 0.6) is 0 Å². The van der Waals surface area contributed by atoms with Gasteiger partial charge in [-0.3, -0.25) is 4.79 Å². The van der Waals surface area contributed by atoms with E-state index in [1.54, 1.807) is 4.90 Å². The molecule has 4 heterocycles. The number of halogens is 1. The Hall–Kier alpha value is -3.30. The maximum absolute atomic E-state index is 14.0. The molecular formula is C36H48ClN5O4. The second-order valence-electron chi connectivity index (χ2n) is 13.6. The summed E-state index contributed by atoms with van der Waals surface area (Å²) in [6, 6.07) is 11.9. The second-order valence-corrected chi connectivity index (χ2v) is 14.0. The zero-order chi connectivity index (χ0) is 32.2. The van der Waals surface area contributed by atoms with Crippen molar-refractivity contribution in [3.05, 3.63) is 63.7 Å². The van der Waals surface area contributed by atoms with Gasteiger partial charge >= 0.3 is 12.1 Å². The lowest BCUT2D eigenvalue weighted by atomic mass is 9.79. The van der Waals surface area contributed by atoms with Gasteiger partial charge in [-0.25, -0.2) is 9.59 Å². The van der Waals surface area contributed by atoms with E-state index in [9.17, 15) is 14.4 Å². The minimum absolute atomic E-state index is 0.0389. The summed E-state index contributed by atoms with van der Waals surface area (Å²) in [5, 5.41) is 7.23. The van der Waals surface area contributed by atoms with Gasteiger partial charge in [0, 0.05) is 55.9 Å². The van der Waals surface area contributed by atoms with E-state index in [4.69, 9.17) is 16.3 Å². The number of aryl methyl sites for hydroxylation is 2. The lowest BCUT2D eigenvalue weighted by molar-refractivity contribution is -0.142. The summed E-state index contributed by atoms with van der Waals surface area (Å²) in [6.07, 6.45) is 5.48. The Kier molecular flexibility index (Phi) is 10.4. The van der Waals surface area contributed by atoms with Crippen LogP contribution in [0, 0.1) is 25.7 Å². The highest BCUT2D eigenvalue weighted by Crippen LogP contribution is 2.32. The molecule has 0 bridgehead atoms. The minimum atomic E-state index is -0.907. The molecule has 248 valence electrons. The molecule has 0 spiro atoms. The van der Waals surface area contributed by atoms with E-state index in [-0.39, 0.29) is 18.0 Å². The molecule has 3 fully saturated rings. The van der Waals surface area contributed by atoms with E-state index in [1.807, 2.05) is 54.0 Å². The SMILES string of the molecule is Cc1cc(C[C@@H](OC(=O)N2CCC(N3CCc4ccccc4NC3=O)CC2)C(=O)N2CCC(C3CCNCC3)CC2)cc(C)c1Cl. The number of amides is 4. The molecular weight excluding hydrogens is 602 g/mol. The first kappa shape index (κ1) is 32.6. The number of ether oxygens (including phenoxy) is 1. The Morgan fingerprint density at radius 1 is 0.891 bits per heavy atom. The van der Waals surface area contributed by atoms with Crippen LogP contribution >= 0.6 is 11.6 Å². The van der Waals surface area contributed by atoms with Crippen LogP contribution < -0.4 is 10.6 Å². The van der Waals surface area contributed by atoms with Gasteiger partial charge in [-0.15, -0.1) is 0 Å². The van der Waals surface area contributed by atoms with Crippen LogP contribution in [0.25, 0.3) is 0 Å². The van der Waals surface area contributed by atoms with Crippen molar-refractivity contribution >= 4 is 35.3 Å². The number of benzene rings is 2. The van der Waals surface area contributed by atoms with Crippen molar-refractivity contribution in [2.45, 2.75) is 77.4 Å². The van der Waals surface area contributed by atoms with Crippen molar-refractivity contribution in [2.75, 3.05) is 51.1 Å². The van der Waals surface area contributed by atoms with E-state index in [1.165, 1.54) is 12.8 Å². The van der Waals surface area contributed by atoms with Gasteiger partial charge in [0.05, 0.1) is 0 Å². The highest BCUT2D eigenvalue weighted by atomic mass is 35.5. The molecule has 0 saturated carbocycles. The molecule has 4 aliphatic heterocycles. The number of hydrogen-bond donors (Lipinski definition) is 2. The van der Waals surface area contributed by atoms with Gasteiger partial charge in [-0.05, 0) is 112 Å². The molecule has 3 saturated heterocycles. The molecule has 4 amide bonds. The van der Waals surface area contributed by atoms with Crippen molar-refractivity contribution < 1.29 is 19.1 Å². The van der Waals surface area contributed by atoms with E-state index in [2.05, 4.69) is 16.7 Å². The summed E-state index contributed by atoms with van der Waals surface area (Å²) < 4.78 is 6.09. The molecule has 2 aromatic carbocycles. The predicted octanol–water partition coefficient (Wildman–Crippen LogP) is 5.80. The van der Waals surface area contributed by atoms with Crippen LogP contribution in [0.2, 0.25) is 5.02 Å². The fourth-order valence-electron chi connectivity index (χ4n) is 7.95. The van der Waals surface area contributed by atoms with E-state index < -0.39 is 12.2 Å². The molecule has 4 aliphatic rings. The third-order valence-corrected chi connectivity index (χ3v) is 11.2. The van der Waals surface area contributed by atoms with Crippen molar-refractivity contribution in [1.29, 1.82) is 0 Å². The van der Waals surface area contributed by atoms with Gasteiger partial charge in [0.15, 0.2) is 6.10 Å². The zero-order valence-electron chi connectivity index (χ0n) is 27.2. The molecule has 9 nitrogen and oxygen atoms in total. The molecule has 10 heteroatoms. The summed E-state index contributed by atoms with van der Waals surface area (Å²) in [4.78, 5) is 46.2. The maximum Gasteiger partial charge on any atom is 0.410 e. The molecule has 0 aromatic heterocycles. The summed E-state index contributed by atoms with van der Waals surface area (Å²) >= 11 is 6.44. The molecule has 46 heavy (non-hydrogen) atoms. The number of piperidine rings is 3. The van der Waals surface area contributed by atoms with Crippen LogP contribution in [-0.2, 0) is 22.4 Å². The number of urea groups is 1. The predicted molar refractivity (Wildman–Crippen MR) is 180 cm³/mol. The number of nitrogens with one attached hydrogen (secondary N) is 2. The van der Waals surface area contributed by atoms with Gasteiger partial charge in [-0.1, -0.05) is 41.9 Å². The number of rotatable bonds is 6. The molecule has 0 unspecified atom stereocenters. The first-order valence-corrected chi connectivity index (χ1v) is 17.5. The number of para-hydroxylation sites is 1. The van der Waals surface area contributed by atoms with Crippen molar-refractivity contribution in [3.63, 3.8) is 0 Å². The molecule has 1 atom stereocenters. The first-order chi connectivity index (χ1) is 22.3. The van der Waals surface area contributed by atoms with Gasteiger partial charge in [-0.2, -0.15) is 0 Å². The van der Waals surface area contributed by atoms with Crippen LogP contribution in [0.15, 0.2) is 36.4 Å². The number of hydrogen-bond acceptors (Lipinski definition) is 5. The molecule has 2 N–H and O–H groups in total. The monoisotopic (exact) mass is 649 g/mol. The molecule has 2 aromatic rings. The average Bonchev–Trinajstić information content (AvgIpc) is 3.25. The Balaban J connectivity index is 1.09. The molecule has 6 rings (SSSR count). The summed E-state index contributed by atoms with van der Waals surface area (Å²) in [5.41, 5.74) is 4.83. The quantitative estimate of drug-likeness (QED) is 0.413. The first-order valence-electron chi connectivity index (χ1n) is 17.1. The van der Waals surface area contributed by atoms with Crippen molar-refractivity contribution in [3.8, 4) is 0 Å². The van der Waals surface area contributed by atoms with E-state index in [0.29, 0.717) is 62.9 Å². The van der Waals surface area contributed by atoms with Gasteiger partial charge in [0.1, 0.15) is 0 Å². The summed E-state index contributed by atoms with van der Waals surface area (Å²) in [5.74, 6) is 1.26. The highest BCUT2D eigenvalue weighted by molar-refractivity contribution is 6.32. The Morgan fingerprint density at radius 3 is 2.22 bits per heavy atom. The topological polar surface area (TPSA) is 94.2 Å². The van der Waals surface area contributed by atoms with Crippen molar-refractivity contribution in [1.82, 2.24) is 20.0 Å². The fourth-order valence-corrected chi connectivity index (χ4v) is 8.06. The van der Waals surface area contributed by atoms with Gasteiger partial charge < -0.3 is 30.1 Å². The maximum atomic E-state index is 14.0. The standard InChI is InChI=1S/C36H48ClN5O4/c1-24-21-26(22-25(2)33(24)37)23-32(34(43)40-16-9-28(10-17-40)27-7-14-38-15-8-27)46-36(45)41-18-12-30(13-19-41)42-20-11-29-5-3-4-6-31(29)39-35(42)44/h3-6,21-22,27-28,30,32,38H,7-20,23H2,1-2H3,(H,39,44)/t32-/m1/s1. The lowest BCUT2D eigenvalue weighted by Crippen LogP contribution is -2.52. The number of anilines is 1. The van der Waals surface area contributed by atoms with Gasteiger partial charge in [0.2, 0.25) is 0 Å². The minimum Gasteiger partial charge on any atom is -0.436 e. The Morgan fingerprint density at radius 2 is 1.52 bits per heavy atom. The number of carbonyl (C=O) groups excluding carboxylic acids is 3. The van der Waals surface area contributed by atoms with E-state index in [0.717, 1.165) is 66.2 Å². The van der Waals surface area contributed by atoms with Crippen LogP contribution in [-0.4, -0.2) is 90.7 Å². The highest BCUT2D eigenvalue weighted by Gasteiger charge is 2.36. The fraction of sp³-hybridized carbons (Fsp3) is 0.583. The smallest absolute Gasteiger partial charge is 0.410 e. The zero-order valence-corrected chi connectivity index (χ0v) is 28.0. The third-order valence-electron chi connectivity index (χ3n) is 10.6. The Bertz CT molecular complexity index is 1390. The van der Waals surface area contributed by atoms with Crippen molar-refractivity contribution in [2.24, 2.45) is 11.8 Å². The van der Waals surface area contributed by atoms with Gasteiger partial charge in [0.25, 0.3) is 5.91 Å². The number of fused-ring (bicyclic) bond motifs is 1.